The molecule has 1 aromatic carbocycles. The Morgan fingerprint density at radius 3 is 2.53 bits per heavy atom. The number of rotatable bonds is 8. The highest BCUT2D eigenvalue weighted by Gasteiger charge is 2.48. The second-order valence-electron chi connectivity index (χ2n) is 7.43. The van der Waals surface area contributed by atoms with Gasteiger partial charge in [0.15, 0.2) is 6.10 Å². The predicted octanol–water partition coefficient (Wildman–Crippen LogP) is -1.15. The van der Waals surface area contributed by atoms with E-state index in [0.29, 0.717) is 12.0 Å². The SMILES string of the molecule is N[B]C1CC1C(=O)Nc1cc(COC(=O)S)ccc1OC1O[C@H](C(=O)O)[C@@H](O)[C@H](O)[C@H]1O. The molecule has 0 bridgehead atoms. The minimum atomic E-state index is -1.88. The number of hydrogen-bond acceptors (Lipinski definition) is 10. The number of nitrogens with two attached hydrogens (primary N) is 1. The van der Waals surface area contributed by atoms with E-state index in [4.69, 9.17) is 19.9 Å². The summed E-state index contributed by atoms with van der Waals surface area (Å²) in [5.41, 5.74) is 6.04. The molecule has 7 N–H and O–H groups in total. The third-order valence-corrected chi connectivity index (χ3v) is 5.27. The fraction of sp³-hybridized carbons (Fsp3) is 0.500. The van der Waals surface area contributed by atoms with Crippen LogP contribution in [-0.2, 0) is 25.7 Å². The fourth-order valence-electron chi connectivity index (χ4n) is 3.24. The van der Waals surface area contributed by atoms with Crippen molar-refractivity contribution in [3.05, 3.63) is 23.8 Å². The van der Waals surface area contributed by atoms with Crippen molar-refractivity contribution >= 4 is 42.9 Å². The monoisotopic (exact) mass is 469 g/mol. The largest absolute Gasteiger partial charge is 0.479 e. The van der Waals surface area contributed by atoms with Crippen molar-refractivity contribution in [2.45, 2.75) is 49.6 Å². The summed E-state index contributed by atoms with van der Waals surface area (Å²) in [4.78, 5) is 34.7. The Morgan fingerprint density at radius 1 is 1.22 bits per heavy atom. The average molecular weight is 469 g/mol. The van der Waals surface area contributed by atoms with Gasteiger partial charge in [0.2, 0.25) is 19.6 Å². The molecule has 12 nitrogen and oxygen atoms in total. The first-order chi connectivity index (χ1) is 15.1. The lowest BCUT2D eigenvalue weighted by Crippen LogP contribution is -2.61. The van der Waals surface area contributed by atoms with E-state index in [2.05, 4.69) is 17.9 Å². The van der Waals surface area contributed by atoms with Crippen LogP contribution in [-0.4, -0.2) is 75.7 Å². The summed E-state index contributed by atoms with van der Waals surface area (Å²) in [5.74, 6) is -2.34. The fourth-order valence-corrected chi connectivity index (χ4v) is 3.31. The smallest absolute Gasteiger partial charge is 0.364 e. The molecule has 14 heteroatoms. The molecule has 1 amide bonds. The zero-order valence-electron chi connectivity index (χ0n) is 16.5. The number of thiol groups is 1. The number of aliphatic hydroxyl groups excluding tert-OH is 3. The first-order valence-corrected chi connectivity index (χ1v) is 10.0. The summed E-state index contributed by atoms with van der Waals surface area (Å²) in [6.07, 6.45) is -8.46. The van der Waals surface area contributed by atoms with Crippen LogP contribution in [0.2, 0.25) is 5.82 Å². The molecule has 1 saturated heterocycles. The molecule has 173 valence electrons. The van der Waals surface area contributed by atoms with Crippen molar-refractivity contribution in [2.24, 2.45) is 11.6 Å². The molecule has 7 atom stereocenters. The van der Waals surface area contributed by atoms with Crippen LogP contribution < -0.4 is 15.7 Å². The van der Waals surface area contributed by atoms with Gasteiger partial charge in [-0.3, -0.25) is 4.79 Å². The van der Waals surface area contributed by atoms with Crippen LogP contribution in [0.15, 0.2) is 18.2 Å². The van der Waals surface area contributed by atoms with Gasteiger partial charge in [-0.15, -0.1) is 0 Å². The standard InChI is InChI=1S/C18H22BN2O10S/c20-19-8-4-7(8)15(25)21-9-3-6(5-29-18(28)32)1-2-10(9)30-17-13(24)11(22)12(23)14(31-17)16(26)27/h1-3,7-8,11-14,17,22-24H,4-5,20H2,(H,21,25)(H,26,27)(H,28,32)/t7?,8?,11-,12-,13+,14-,17?/m0/s1. The molecular formula is C18H22BN2O10S. The molecule has 1 heterocycles. The second-order valence-corrected chi connectivity index (χ2v) is 7.79. The van der Waals surface area contributed by atoms with E-state index in [1.807, 2.05) is 0 Å². The van der Waals surface area contributed by atoms with E-state index in [1.54, 1.807) is 0 Å². The molecule has 1 saturated carbocycles. The summed E-state index contributed by atoms with van der Waals surface area (Å²) < 4.78 is 15.5. The van der Waals surface area contributed by atoms with Crippen LogP contribution in [0.3, 0.4) is 0 Å². The van der Waals surface area contributed by atoms with E-state index in [1.165, 1.54) is 25.6 Å². The predicted molar refractivity (Wildman–Crippen MR) is 111 cm³/mol. The first kappa shape index (κ1) is 24.3. The highest BCUT2D eigenvalue weighted by Crippen LogP contribution is 2.44. The lowest BCUT2D eigenvalue weighted by molar-refractivity contribution is -0.271. The number of anilines is 1. The normalized spacial score (nSPS) is 31.3. The molecule has 0 aromatic heterocycles. The number of benzene rings is 1. The van der Waals surface area contributed by atoms with Crippen LogP contribution >= 0.6 is 12.6 Å². The van der Waals surface area contributed by atoms with Crippen molar-refractivity contribution in [3.8, 4) is 5.75 Å². The first-order valence-electron chi connectivity index (χ1n) is 9.56. The van der Waals surface area contributed by atoms with Crippen molar-refractivity contribution in [3.63, 3.8) is 0 Å². The molecule has 2 fully saturated rings. The number of aliphatic carboxylic acids is 1. The van der Waals surface area contributed by atoms with Crippen LogP contribution in [0.25, 0.3) is 0 Å². The Kier molecular flexibility index (Phi) is 7.64. The van der Waals surface area contributed by atoms with Gasteiger partial charge in [-0.2, -0.15) is 0 Å². The highest BCUT2D eigenvalue weighted by molar-refractivity contribution is 7.96. The number of hydrogen-bond donors (Lipinski definition) is 7. The molecule has 3 unspecified atom stereocenters. The van der Waals surface area contributed by atoms with Crippen LogP contribution in [0.5, 0.6) is 5.75 Å². The van der Waals surface area contributed by atoms with Gasteiger partial charge in [-0.05, 0) is 29.9 Å². The number of carbonyl (C=O) groups excluding carboxylic acids is 2. The van der Waals surface area contributed by atoms with Crippen LogP contribution in [0.1, 0.15) is 12.0 Å². The van der Waals surface area contributed by atoms with Gasteiger partial charge in [0.25, 0.3) is 0 Å². The Labute approximate surface area is 188 Å². The van der Waals surface area contributed by atoms with E-state index in [-0.39, 0.29) is 35.7 Å². The van der Waals surface area contributed by atoms with Crippen LogP contribution in [0, 0.1) is 5.92 Å². The van der Waals surface area contributed by atoms with E-state index < -0.39 is 42.0 Å². The van der Waals surface area contributed by atoms with Gasteiger partial charge in [-0.25, -0.2) is 9.59 Å². The number of nitrogens with one attached hydrogen (secondary N) is 1. The van der Waals surface area contributed by atoms with Crippen molar-refractivity contribution in [1.82, 2.24) is 0 Å². The van der Waals surface area contributed by atoms with Crippen LogP contribution in [0.4, 0.5) is 10.5 Å². The van der Waals surface area contributed by atoms with Gasteiger partial charge in [-0.1, -0.05) is 18.7 Å². The Hall–Kier alpha value is -2.36. The Morgan fingerprint density at radius 2 is 1.94 bits per heavy atom. The lowest BCUT2D eigenvalue weighted by Gasteiger charge is -2.38. The molecule has 1 aliphatic heterocycles. The van der Waals surface area contributed by atoms with Gasteiger partial charge >= 0.3 is 11.3 Å². The average Bonchev–Trinajstić information content (AvgIpc) is 3.53. The number of amides is 1. The third-order valence-electron chi connectivity index (χ3n) is 5.14. The topological polar surface area (TPSA) is 198 Å². The van der Waals surface area contributed by atoms with Gasteiger partial charge in [0, 0.05) is 5.92 Å². The number of aliphatic hydroxyl groups is 3. The van der Waals surface area contributed by atoms with E-state index in [0.717, 1.165) is 0 Å². The van der Waals surface area contributed by atoms with Crippen molar-refractivity contribution < 1.29 is 49.0 Å². The molecule has 1 radical (unpaired) electrons. The number of carboxylic acid groups (broad SMARTS) is 1. The maximum absolute atomic E-state index is 12.5. The zero-order chi connectivity index (χ0) is 23.6. The third kappa shape index (κ3) is 5.52. The summed E-state index contributed by atoms with van der Waals surface area (Å²) in [7, 11) is 1.43. The molecule has 32 heavy (non-hydrogen) atoms. The summed E-state index contributed by atoms with van der Waals surface area (Å²) in [6.45, 7) is -0.150. The minimum absolute atomic E-state index is 0.0231. The molecular weight excluding hydrogens is 447 g/mol. The number of ether oxygens (including phenoxy) is 3. The number of carboxylic acids is 1. The summed E-state index contributed by atoms with van der Waals surface area (Å²) in [6, 6.07) is 4.31. The number of carbonyl (C=O) groups is 3. The maximum atomic E-state index is 12.5. The van der Waals surface area contributed by atoms with Gasteiger partial charge < -0.3 is 45.6 Å². The quantitative estimate of drug-likeness (QED) is 0.138. The summed E-state index contributed by atoms with van der Waals surface area (Å²) in [5, 5.41) is 41.0. The molecule has 2 aliphatic rings. The van der Waals surface area contributed by atoms with Crippen molar-refractivity contribution in [1.29, 1.82) is 0 Å². The minimum Gasteiger partial charge on any atom is -0.479 e. The Bertz CT molecular complexity index is 889. The summed E-state index contributed by atoms with van der Waals surface area (Å²) >= 11 is 3.52. The van der Waals surface area contributed by atoms with Gasteiger partial charge in [0.05, 0.1) is 5.69 Å². The molecule has 0 spiro atoms. The maximum Gasteiger partial charge on any atom is 0.364 e. The molecule has 1 aliphatic carbocycles. The lowest BCUT2D eigenvalue weighted by atomic mass is 9.87. The Balaban J connectivity index is 1.82. The second kappa shape index (κ2) is 10.1. The molecule has 1 aromatic rings. The molecule has 3 rings (SSSR count). The van der Waals surface area contributed by atoms with E-state index >= 15 is 0 Å². The van der Waals surface area contributed by atoms with E-state index in [9.17, 15) is 34.8 Å². The zero-order valence-corrected chi connectivity index (χ0v) is 17.4. The van der Waals surface area contributed by atoms with Gasteiger partial charge in [0.1, 0.15) is 30.7 Å². The van der Waals surface area contributed by atoms with Crippen molar-refractivity contribution in [2.75, 3.05) is 5.32 Å². The highest BCUT2D eigenvalue weighted by atomic mass is 32.1.